The molecule has 162 valence electrons. The van der Waals surface area contributed by atoms with Crippen LogP contribution in [0.15, 0.2) is 27.8 Å². The van der Waals surface area contributed by atoms with Gasteiger partial charge in [0.1, 0.15) is 5.76 Å². The molecule has 1 amide bonds. The van der Waals surface area contributed by atoms with Crippen molar-refractivity contribution in [1.82, 2.24) is 20.4 Å². The van der Waals surface area contributed by atoms with Crippen molar-refractivity contribution in [3.05, 3.63) is 24.2 Å². The quantitative estimate of drug-likeness (QED) is 0.377. The molecule has 0 spiro atoms. The van der Waals surface area contributed by atoms with Crippen molar-refractivity contribution in [2.75, 3.05) is 45.8 Å². The minimum absolute atomic E-state index is 0.192. The molecular weight excluding hydrogens is 366 g/mol. The first-order chi connectivity index (χ1) is 14.3. The fourth-order valence-corrected chi connectivity index (χ4v) is 4.19. The normalized spacial score (nSPS) is 20.0. The molecule has 7 heteroatoms. The van der Waals surface area contributed by atoms with Gasteiger partial charge in [0.2, 0.25) is 5.91 Å². The van der Waals surface area contributed by atoms with Crippen molar-refractivity contribution < 1.29 is 9.21 Å². The molecule has 3 rings (SSSR count). The van der Waals surface area contributed by atoms with E-state index < -0.39 is 0 Å². The lowest BCUT2D eigenvalue weighted by Crippen LogP contribution is -2.40. The molecule has 2 aliphatic heterocycles. The lowest BCUT2D eigenvalue weighted by Gasteiger charge is -2.25. The Balaban J connectivity index is 1.49. The van der Waals surface area contributed by atoms with Crippen LogP contribution in [0.5, 0.6) is 0 Å². The molecule has 1 unspecified atom stereocenters. The predicted octanol–water partition coefficient (Wildman–Crippen LogP) is 2.76. The molecule has 0 saturated carbocycles. The maximum absolute atomic E-state index is 12.1. The SMILES string of the molecule is CCNC(=NCC(c1ccco1)N1CCCC1)NCCCN1CCCCCC1=O. The van der Waals surface area contributed by atoms with E-state index in [1.807, 2.05) is 11.0 Å². The summed E-state index contributed by atoms with van der Waals surface area (Å²) in [5, 5.41) is 6.77. The van der Waals surface area contributed by atoms with Crippen molar-refractivity contribution in [2.24, 2.45) is 4.99 Å². The fourth-order valence-electron chi connectivity index (χ4n) is 4.19. The largest absolute Gasteiger partial charge is 0.468 e. The summed E-state index contributed by atoms with van der Waals surface area (Å²) in [5.41, 5.74) is 0. The first-order valence-electron chi connectivity index (χ1n) is 11.4. The first-order valence-corrected chi connectivity index (χ1v) is 11.4. The van der Waals surface area contributed by atoms with Gasteiger partial charge in [-0.1, -0.05) is 6.42 Å². The van der Waals surface area contributed by atoms with Crippen molar-refractivity contribution in [2.45, 2.75) is 57.9 Å². The highest BCUT2D eigenvalue weighted by molar-refractivity contribution is 5.79. The van der Waals surface area contributed by atoms with Gasteiger partial charge < -0.3 is 20.0 Å². The predicted molar refractivity (Wildman–Crippen MR) is 116 cm³/mol. The van der Waals surface area contributed by atoms with E-state index in [-0.39, 0.29) is 6.04 Å². The Labute approximate surface area is 174 Å². The third kappa shape index (κ3) is 6.77. The lowest BCUT2D eigenvalue weighted by molar-refractivity contribution is -0.130. The van der Waals surface area contributed by atoms with E-state index in [1.54, 1.807) is 6.26 Å². The monoisotopic (exact) mass is 403 g/mol. The number of guanidine groups is 1. The van der Waals surface area contributed by atoms with E-state index in [9.17, 15) is 4.79 Å². The Morgan fingerprint density at radius 1 is 1.17 bits per heavy atom. The first kappa shape index (κ1) is 21.7. The van der Waals surface area contributed by atoms with E-state index in [0.29, 0.717) is 18.9 Å². The third-order valence-corrected chi connectivity index (χ3v) is 5.79. The van der Waals surface area contributed by atoms with Crippen LogP contribution in [0.1, 0.15) is 63.7 Å². The highest BCUT2D eigenvalue weighted by atomic mass is 16.3. The second-order valence-electron chi connectivity index (χ2n) is 7.97. The Hall–Kier alpha value is -2.02. The smallest absolute Gasteiger partial charge is 0.222 e. The van der Waals surface area contributed by atoms with Gasteiger partial charge in [-0.05, 0) is 64.3 Å². The van der Waals surface area contributed by atoms with Crippen molar-refractivity contribution in [3.63, 3.8) is 0 Å². The van der Waals surface area contributed by atoms with Gasteiger partial charge in [-0.25, -0.2) is 0 Å². The number of nitrogens with zero attached hydrogens (tertiary/aromatic N) is 3. The highest BCUT2D eigenvalue weighted by Gasteiger charge is 2.25. The molecule has 7 nitrogen and oxygen atoms in total. The molecule has 1 atom stereocenters. The van der Waals surface area contributed by atoms with Crippen LogP contribution in [-0.2, 0) is 4.79 Å². The van der Waals surface area contributed by atoms with E-state index >= 15 is 0 Å². The zero-order chi connectivity index (χ0) is 20.3. The molecule has 0 radical (unpaired) electrons. The lowest BCUT2D eigenvalue weighted by atomic mass is 10.2. The second-order valence-corrected chi connectivity index (χ2v) is 7.97. The maximum Gasteiger partial charge on any atom is 0.222 e. The Morgan fingerprint density at radius 2 is 2.00 bits per heavy atom. The number of carbonyl (C=O) groups is 1. The molecule has 3 heterocycles. The molecule has 29 heavy (non-hydrogen) atoms. The van der Waals surface area contributed by atoms with Gasteiger partial charge in [0, 0.05) is 32.6 Å². The number of likely N-dealkylation sites (tertiary alicyclic amines) is 2. The van der Waals surface area contributed by atoms with Crippen LogP contribution in [0, 0.1) is 0 Å². The summed E-state index contributed by atoms with van der Waals surface area (Å²) in [4.78, 5) is 21.5. The number of hydrogen-bond donors (Lipinski definition) is 2. The molecule has 2 saturated heterocycles. The summed E-state index contributed by atoms with van der Waals surface area (Å²) >= 11 is 0. The van der Waals surface area contributed by atoms with Crippen molar-refractivity contribution in [3.8, 4) is 0 Å². The Morgan fingerprint density at radius 3 is 2.76 bits per heavy atom. The molecule has 2 fully saturated rings. The summed E-state index contributed by atoms with van der Waals surface area (Å²) in [5.74, 6) is 2.14. The number of nitrogens with one attached hydrogen (secondary N) is 2. The summed E-state index contributed by atoms with van der Waals surface area (Å²) < 4.78 is 5.70. The van der Waals surface area contributed by atoms with Gasteiger partial charge in [0.25, 0.3) is 0 Å². The van der Waals surface area contributed by atoms with Crippen LogP contribution in [0.25, 0.3) is 0 Å². The topological polar surface area (TPSA) is 73.1 Å². The molecule has 0 aromatic carbocycles. The zero-order valence-corrected chi connectivity index (χ0v) is 17.9. The number of carbonyl (C=O) groups excluding carboxylic acids is 1. The molecule has 0 bridgehead atoms. The zero-order valence-electron chi connectivity index (χ0n) is 17.9. The van der Waals surface area contributed by atoms with E-state index in [2.05, 4.69) is 28.5 Å². The van der Waals surface area contributed by atoms with E-state index in [1.165, 1.54) is 19.3 Å². The van der Waals surface area contributed by atoms with Gasteiger partial charge in [-0.3, -0.25) is 14.7 Å². The average Bonchev–Trinajstić information content (AvgIpc) is 3.40. The van der Waals surface area contributed by atoms with Gasteiger partial charge in [-0.2, -0.15) is 0 Å². The van der Waals surface area contributed by atoms with Gasteiger partial charge >= 0.3 is 0 Å². The number of aliphatic imine (C=N–C) groups is 1. The van der Waals surface area contributed by atoms with Crippen LogP contribution in [0.4, 0.5) is 0 Å². The van der Waals surface area contributed by atoms with Crippen molar-refractivity contribution >= 4 is 11.9 Å². The summed E-state index contributed by atoms with van der Waals surface area (Å²) in [6.07, 6.45) is 9.23. The van der Waals surface area contributed by atoms with Crippen LogP contribution in [-0.4, -0.2) is 67.5 Å². The van der Waals surface area contributed by atoms with Gasteiger partial charge in [0.05, 0.1) is 18.8 Å². The third-order valence-electron chi connectivity index (χ3n) is 5.79. The molecule has 1 aromatic heterocycles. The van der Waals surface area contributed by atoms with Crippen LogP contribution >= 0.6 is 0 Å². The highest BCUT2D eigenvalue weighted by Crippen LogP contribution is 2.25. The number of furan rings is 1. The van der Waals surface area contributed by atoms with Crippen molar-refractivity contribution in [1.29, 1.82) is 0 Å². The molecule has 2 N–H and O–H groups in total. The second kappa shape index (κ2) is 11.9. The minimum Gasteiger partial charge on any atom is -0.468 e. The molecule has 0 aliphatic carbocycles. The van der Waals surface area contributed by atoms with Gasteiger partial charge in [0.15, 0.2) is 5.96 Å². The minimum atomic E-state index is 0.192. The fraction of sp³-hybridized carbons (Fsp3) is 0.727. The number of rotatable bonds is 9. The van der Waals surface area contributed by atoms with E-state index in [0.717, 1.165) is 70.3 Å². The maximum atomic E-state index is 12.1. The summed E-state index contributed by atoms with van der Waals surface area (Å²) in [6, 6.07) is 4.20. The standard InChI is InChI=1S/C22H37N5O2/c1-2-23-22(24-12-9-16-27-15-5-3-4-11-21(27)28)25-18-19(20-10-8-17-29-20)26-13-6-7-14-26/h8,10,17,19H,2-7,9,11-16,18H2,1H3,(H2,23,24,25). The van der Waals surface area contributed by atoms with Gasteiger partial charge in [-0.15, -0.1) is 0 Å². The number of hydrogen-bond acceptors (Lipinski definition) is 4. The van der Waals surface area contributed by atoms with E-state index in [4.69, 9.17) is 9.41 Å². The average molecular weight is 404 g/mol. The van der Waals surface area contributed by atoms with Crippen LogP contribution < -0.4 is 10.6 Å². The summed E-state index contributed by atoms with van der Waals surface area (Å²) in [6.45, 7) is 8.34. The molecular formula is C22H37N5O2. The van der Waals surface area contributed by atoms with Crippen LogP contribution in [0.3, 0.4) is 0 Å². The Bertz CT molecular complexity index is 625. The van der Waals surface area contributed by atoms with Crippen LogP contribution in [0.2, 0.25) is 0 Å². The summed E-state index contributed by atoms with van der Waals surface area (Å²) in [7, 11) is 0. The molecule has 1 aromatic rings. The Kier molecular flexibility index (Phi) is 8.86. The number of amides is 1. The molecule has 2 aliphatic rings.